The van der Waals surface area contributed by atoms with E-state index in [9.17, 15) is 0 Å². The number of pyridine rings is 1. The number of aryl methyl sites for hydroxylation is 1. The molecule has 0 spiro atoms. The minimum Gasteiger partial charge on any atom is -0.356 e. The van der Waals surface area contributed by atoms with Gasteiger partial charge in [-0.2, -0.15) is 0 Å². The predicted molar refractivity (Wildman–Crippen MR) is 84.0 cm³/mol. The summed E-state index contributed by atoms with van der Waals surface area (Å²) < 4.78 is 0. The summed E-state index contributed by atoms with van der Waals surface area (Å²) in [6.07, 6.45) is 5.87. The van der Waals surface area contributed by atoms with Gasteiger partial charge in [-0.3, -0.25) is 4.98 Å². The highest BCUT2D eigenvalue weighted by Crippen LogP contribution is 2.25. The molecule has 5 heteroatoms. The number of nitrogens with two attached hydrogens (primary N) is 1. The fraction of sp³-hybridized carbons (Fsp3) is 0.438. The topological polar surface area (TPSA) is 67.9 Å². The van der Waals surface area contributed by atoms with Gasteiger partial charge >= 0.3 is 0 Å². The fourth-order valence-electron chi connectivity index (χ4n) is 2.78. The van der Waals surface area contributed by atoms with Crippen LogP contribution < -0.4 is 10.6 Å². The molecular formula is C16H21N5. The molecule has 0 radical (unpaired) electrons. The van der Waals surface area contributed by atoms with E-state index >= 15 is 0 Å². The number of piperidine rings is 1. The van der Waals surface area contributed by atoms with E-state index < -0.39 is 0 Å². The molecule has 0 unspecified atom stereocenters. The lowest BCUT2D eigenvalue weighted by Crippen LogP contribution is -2.36. The summed E-state index contributed by atoms with van der Waals surface area (Å²) in [4.78, 5) is 15.5. The van der Waals surface area contributed by atoms with Crippen molar-refractivity contribution in [2.45, 2.75) is 19.8 Å². The summed E-state index contributed by atoms with van der Waals surface area (Å²) in [6, 6.07) is 6.03. The number of hydrogen-bond donors (Lipinski definition) is 1. The largest absolute Gasteiger partial charge is 0.356 e. The zero-order valence-electron chi connectivity index (χ0n) is 12.4. The van der Waals surface area contributed by atoms with Gasteiger partial charge in [-0.15, -0.1) is 0 Å². The van der Waals surface area contributed by atoms with E-state index in [1.54, 1.807) is 12.4 Å². The monoisotopic (exact) mass is 283 g/mol. The molecule has 1 fully saturated rings. The SMILES string of the molecule is Cc1nc(-c2ccncc2)cc(N2CCC(CN)CC2)n1. The van der Waals surface area contributed by atoms with Crippen molar-refractivity contribution < 1.29 is 0 Å². The van der Waals surface area contributed by atoms with Gasteiger partial charge < -0.3 is 10.6 Å². The van der Waals surface area contributed by atoms with Crippen LogP contribution in [0.1, 0.15) is 18.7 Å². The first-order chi connectivity index (χ1) is 10.3. The maximum absolute atomic E-state index is 5.76. The molecule has 1 saturated heterocycles. The van der Waals surface area contributed by atoms with Gasteiger partial charge in [-0.25, -0.2) is 9.97 Å². The van der Waals surface area contributed by atoms with Crippen molar-refractivity contribution in [3.63, 3.8) is 0 Å². The molecule has 1 aliphatic rings. The van der Waals surface area contributed by atoms with E-state index in [1.165, 1.54) is 0 Å². The van der Waals surface area contributed by atoms with Crippen LogP contribution in [-0.4, -0.2) is 34.6 Å². The molecule has 2 aromatic heterocycles. The van der Waals surface area contributed by atoms with Crippen molar-refractivity contribution in [1.82, 2.24) is 15.0 Å². The first kappa shape index (κ1) is 13.9. The Balaban J connectivity index is 1.85. The Kier molecular flexibility index (Phi) is 4.10. The Morgan fingerprint density at radius 1 is 1.19 bits per heavy atom. The molecule has 2 N–H and O–H groups in total. The van der Waals surface area contributed by atoms with E-state index in [2.05, 4.69) is 25.9 Å². The molecule has 2 aromatic rings. The summed E-state index contributed by atoms with van der Waals surface area (Å²) in [5.74, 6) is 2.48. The second-order valence-corrected chi connectivity index (χ2v) is 5.56. The summed E-state index contributed by atoms with van der Waals surface area (Å²) in [7, 11) is 0. The zero-order chi connectivity index (χ0) is 14.7. The number of hydrogen-bond acceptors (Lipinski definition) is 5. The molecule has 0 saturated carbocycles. The second kappa shape index (κ2) is 6.18. The minimum absolute atomic E-state index is 0.656. The first-order valence-electron chi connectivity index (χ1n) is 7.47. The van der Waals surface area contributed by atoms with Crippen molar-refractivity contribution in [1.29, 1.82) is 0 Å². The van der Waals surface area contributed by atoms with E-state index in [-0.39, 0.29) is 0 Å². The van der Waals surface area contributed by atoms with Crippen LogP contribution in [0.4, 0.5) is 5.82 Å². The molecule has 21 heavy (non-hydrogen) atoms. The minimum atomic E-state index is 0.656. The highest BCUT2D eigenvalue weighted by Gasteiger charge is 2.20. The Morgan fingerprint density at radius 3 is 2.57 bits per heavy atom. The Hall–Kier alpha value is -2.01. The third-order valence-electron chi connectivity index (χ3n) is 4.07. The molecule has 110 valence electrons. The maximum atomic E-state index is 5.76. The molecule has 0 atom stereocenters. The summed E-state index contributed by atoms with van der Waals surface area (Å²) in [5.41, 5.74) is 7.80. The van der Waals surface area contributed by atoms with Gasteiger partial charge in [0, 0.05) is 37.1 Å². The Morgan fingerprint density at radius 2 is 1.90 bits per heavy atom. The van der Waals surface area contributed by atoms with Crippen molar-refractivity contribution in [3.05, 3.63) is 36.4 Å². The van der Waals surface area contributed by atoms with Crippen molar-refractivity contribution in [2.75, 3.05) is 24.5 Å². The quantitative estimate of drug-likeness (QED) is 0.933. The molecule has 0 amide bonds. The molecule has 1 aliphatic heterocycles. The van der Waals surface area contributed by atoms with Crippen LogP contribution >= 0.6 is 0 Å². The van der Waals surface area contributed by atoms with Crippen LogP contribution in [0.25, 0.3) is 11.3 Å². The molecule has 0 aliphatic carbocycles. The average Bonchev–Trinajstić information content (AvgIpc) is 2.55. The van der Waals surface area contributed by atoms with E-state index in [0.29, 0.717) is 5.92 Å². The number of anilines is 1. The number of nitrogens with zero attached hydrogens (tertiary/aromatic N) is 4. The summed E-state index contributed by atoms with van der Waals surface area (Å²) >= 11 is 0. The zero-order valence-corrected chi connectivity index (χ0v) is 12.4. The van der Waals surface area contributed by atoms with Gasteiger partial charge in [-0.05, 0) is 44.4 Å². The molecule has 3 rings (SSSR count). The standard InChI is InChI=1S/C16H21N5/c1-12-19-15(14-2-6-18-7-3-14)10-16(20-12)21-8-4-13(11-17)5-9-21/h2-3,6-7,10,13H,4-5,8-9,11,17H2,1H3. The number of rotatable bonds is 3. The lowest BCUT2D eigenvalue weighted by Gasteiger charge is -2.32. The molecule has 5 nitrogen and oxygen atoms in total. The fourth-order valence-corrected chi connectivity index (χ4v) is 2.78. The van der Waals surface area contributed by atoms with Gasteiger partial charge in [0.25, 0.3) is 0 Å². The van der Waals surface area contributed by atoms with Crippen LogP contribution in [0.3, 0.4) is 0 Å². The Bertz CT molecular complexity index is 591. The first-order valence-corrected chi connectivity index (χ1v) is 7.47. The summed E-state index contributed by atoms with van der Waals surface area (Å²) in [5, 5.41) is 0. The van der Waals surface area contributed by atoms with Gasteiger partial charge in [-0.1, -0.05) is 0 Å². The molecule has 0 aromatic carbocycles. The Labute approximate surface area is 125 Å². The van der Waals surface area contributed by atoms with Crippen molar-refractivity contribution >= 4 is 5.82 Å². The lowest BCUT2D eigenvalue weighted by atomic mass is 9.97. The normalized spacial score (nSPS) is 16.2. The van der Waals surface area contributed by atoms with Crippen LogP contribution in [0, 0.1) is 12.8 Å². The average molecular weight is 283 g/mol. The van der Waals surface area contributed by atoms with E-state index in [0.717, 1.165) is 55.4 Å². The van der Waals surface area contributed by atoms with Crippen LogP contribution in [0.5, 0.6) is 0 Å². The third kappa shape index (κ3) is 3.19. The van der Waals surface area contributed by atoms with Crippen LogP contribution in [-0.2, 0) is 0 Å². The highest BCUT2D eigenvalue weighted by molar-refractivity contribution is 5.62. The third-order valence-corrected chi connectivity index (χ3v) is 4.07. The molecule has 0 bridgehead atoms. The van der Waals surface area contributed by atoms with E-state index in [1.807, 2.05) is 19.1 Å². The molecular weight excluding hydrogens is 262 g/mol. The predicted octanol–water partition coefficient (Wildman–Crippen LogP) is 2.02. The lowest BCUT2D eigenvalue weighted by molar-refractivity contribution is 0.413. The van der Waals surface area contributed by atoms with Crippen LogP contribution in [0.2, 0.25) is 0 Å². The van der Waals surface area contributed by atoms with Crippen molar-refractivity contribution in [2.24, 2.45) is 11.7 Å². The molecule has 3 heterocycles. The van der Waals surface area contributed by atoms with Crippen molar-refractivity contribution in [3.8, 4) is 11.3 Å². The van der Waals surface area contributed by atoms with Gasteiger partial charge in [0.1, 0.15) is 11.6 Å². The summed E-state index contributed by atoms with van der Waals surface area (Å²) in [6.45, 7) is 4.78. The second-order valence-electron chi connectivity index (χ2n) is 5.56. The van der Waals surface area contributed by atoms with Crippen LogP contribution in [0.15, 0.2) is 30.6 Å². The maximum Gasteiger partial charge on any atom is 0.132 e. The van der Waals surface area contributed by atoms with Gasteiger partial charge in [0.2, 0.25) is 0 Å². The highest BCUT2D eigenvalue weighted by atomic mass is 15.2. The van der Waals surface area contributed by atoms with Gasteiger partial charge in [0.15, 0.2) is 0 Å². The smallest absolute Gasteiger partial charge is 0.132 e. The number of aromatic nitrogens is 3. The van der Waals surface area contributed by atoms with E-state index in [4.69, 9.17) is 5.73 Å². The van der Waals surface area contributed by atoms with Gasteiger partial charge in [0.05, 0.1) is 5.69 Å².